The fraction of sp³-hybridized carbons (Fsp3) is 0.429. The van der Waals surface area contributed by atoms with Crippen molar-refractivity contribution in [1.82, 2.24) is 36.1 Å². The molecule has 0 aliphatic carbocycles. The van der Waals surface area contributed by atoms with Gasteiger partial charge in [0.05, 0.1) is 23.0 Å². The molecule has 0 radical (unpaired) electrons. The van der Waals surface area contributed by atoms with Crippen molar-refractivity contribution in [3.8, 4) is 40.1 Å². The van der Waals surface area contributed by atoms with Crippen LogP contribution in [0.3, 0.4) is 0 Å². The Kier molecular flexibility index (Phi) is 18.7. The molecular weight excluding hydrogens is 855 g/mol. The van der Waals surface area contributed by atoms with Gasteiger partial charge in [-0.2, -0.15) is 5.26 Å². The first-order valence-electron chi connectivity index (χ1n) is 22.7. The van der Waals surface area contributed by atoms with Crippen molar-refractivity contribution in [3.63, 3.8) is 0 Å². The second-order valence-electron chi connectivity index (χ2n) is 16.4. The molecule has 4 aromatic rings. The molecule has 0 saturated carbocycles. The van der Waals surface area contributed by atoms with E-state index < -0.39 is 53.7 Å². The number of nitrogens with zero attached hydrogens (tertiary/aromatic N) is 4. The first kappa shape index (κ1) is 51.1. The van der Waals surface area contributed by atoms with Crippen LogP contribution in [0.2, 0.25) is 0 Å². The molecule has 5 rings (SSSR count). The number of fused-ring (bicyclic) bond motifs is 5. The lowest BCUT2D eigenvalue weighted by atomic mass is 9.93. The Morgan fingerprint density at radius 2 is 1.52 bits per heavy atom. The summed E-state index contributed by atoms with van der Waals surface area (Å²) in [5, 5.41) is 19.9. The summed E-state index contributed by atoms with van der Waals surface area (Å²) in [4.78, 5) is 81.1. The maximum absolute atomic E-state index is 14.7. The number of benzene rings is 3. The molecule has 4 atom stereocenters. The highest BCUT2D eigenvalue weighted by atomic mass is 16.5. The van der Waals surface area contributed by atoms with Gasteiger partial charge in [-0.05, 0) is 87.5 Å². The van der Waals surface area contributed by atoms with Crippen LogP contribution in [-0.2, 0) is 32.0 Å². The molecule has 0 unspecified atom stereocenters. The summed E-state index contributed by atoms with van der Waals surface area (Å²) in [5.74, 6) is -2.09. The summed E-state index contributed by atoms with van der Waals surface area (Å²) in [6, 6.07) is 15.1. The van der Waals surface area contributed by atoms with E-state index in [1.54, 1.807) is 50.2 Å². The number of likely N-dealkylation sites (N-methyl/N-ethyl adjacent to an activating group) is 1. The molecule has 18 heteroatoms. The van der Waals surface area contributed by atoms with Gasteiger partial charge in [-0.1, -0.05) is 56.2 Å². The van der Waals surface area contributed by atoms with Gasteiger partial charge in [0.15, 0.2) is 5.82 Å². The summed E-state index contributed by atoms with van der Waals surface area (Å²) in [7, 11) is 1.42. The van der Waals surface area contributed by atoms with Crippen molar-refractivity contribution in [1.29, 1.82) is 5.26 Å². The number of hydrogen-bond donors (Lipinski definition) is 7. The van der Waals surface area contributed by atoms with Gasteiger partial charge in [0, 0.05) is 43.2 Å². The van der Waals surface area contributed by atoms with E-state index in [0.717, 1.165) is 31.2 Å². The molecule has 67 heavy (non-hydrogen) atoms. The summed E-state index contributed by atoms with van der Waals surface area (Å²) < 4.78 is 12.2. The van der Waals surface area contributed by atoms with Crippen LogP contribution >= 0.6 is 0 Å². The normalized spacial score (nSPS) is 16.3. The number of carbonyl (C=O) groups is 5. The van der Waals surface area contributed by atoms with Crippen molar-refractivity contribution < 1.29 is 33.4 Å². The third kappa shape index (κ3) is 13.1. The van der Waals surface area contributed by atoms with Crippen LogP contribution in [-0.4, -0.2) is 109 Å². The Balaban J connectivity index is 1.54. The number of aromatic nitrogens is 2. The van der Waals surface area contributed by atoms with Gasteiger partial charge in [-0.15, -0.1) is 0 Å². The van der Waals surface area contributed by atoms with Crippen LogP contribution in [0.15, 0.2) is 60.7 Å². The molecule has 1 aliphatic rings. The molecule has 356 valence electrons. The minimum atomic E-state index is -1.40. The molecule has 3 aromatic carbocycles. The van der Waals surface area contributed by atoms with Crippen molar-refractivity contribution in [2.45, 2.75) is 90.4 Å². The highest BCUT2D eigenvalue weighted by molar-refractivity contribution is 6.00. The second-order valence-corrected chi connectivity index (χ2v) is 16.4. The Bertz CT molecular complexity index is 2420. The molecule has 0 spiro atoms. The largest absolute Gasteiger partial charge is 0.492 e. The van der Waals surface area contributed by atoms with Gasteiger partial charge in [-0.3, -0.25) is 24.0 Å². The fourth-order valence-corrected chi connectivity index (χ4v) is 7.93. The van der Waals surface area contributed by atoms with Crippen LogP contribution in [0.5, 0.6) is 11.5 Å². The maximum atomic E-state index is 14.7. The van der Waals surface area contributed by atoms with E-state index in [1.165, 1.54) is 24.4 Å². The zero-order valence-electron chi connectivity index (χ0n) is 38.9. The Labute approximate surface area is 391 Å². The van der Waals surface area contributed by atoms with Crippen LogP contribution < -0.4 is 47.9 Å². The molecule has 1 aliphatic heterocycles. The summed E-state index contributed by atoms with van der Waals surface area (Å²) in [6.07, 6.45) is 4.41. The maximum Gasteiger partial charge on any atom is 0.255 e. The molecule has 0 saturated heterocycles. The van der Waals surface area contributed by atoms with Crippen LogP contribution in [0.25, 0.3) is 22.5 Å². The number of nitriles is 1. The topological polar surface area (TPSA) is 283 Å². The lowest BCUT2D eigenvalue weighted by Gasteiger charge is -2.32. The van der Waals surface area contributed by atoms with E-state index in [4.69, 9.17) is 26.7 Å². The Hall–Kier alpha value is -6.94. The number of carbonyl (C=O) groups excluding carboxylic acids is 5. The lowest BCUT2D eigenvalue weighted by Crippen LogP contribution is -2.56. The lowest BCUT2D eigenvalue weighted by molar-refractivity contribution is -0.141. The molecule has 2 heterocycles. The van der Waals surface area contributed by atoms with Crippen LogP contribution in [0.1, 0.15) is 84.0 Å². The molecule has 5 amide bonds. The van der Waals surface area contributed by atoms with Crippen molar-refractivity contribution in [2.75, 3.05) is 46.4 Å². The van der Waals surface area contributed by atoms with Crippen LogP contribution in [0.4, 0.5) is 0 Å². The van der Waals surface area contributed by atoms with Gasteiger partial charge in [0.1, 0.15) is 55.4 Å². The van der Waals surface area contributed by atoms with Crippen molar-refractivity contribution >= 4 is 29.5 Å². The van der Waals surface area contributed by atoms with E-state index in [-0.39, 0.29) is 57.8 Å². The van der Waals surface area contributed by atoms with E-state index in [2.05, 4.69) is 50.3 Å². The highest BCUT2D eigenvalue weighted by Gasteiger charge is 2.36. The van der Waals surface area contributed by atoms with Crippen LogP contribution in [0, 0.1) is 25.2 Å². The number of nitrogens with two attached hydrogens (primary N) is 3. The van der Waals surface area contributed by atoms with Gasteiger partial charge in [-0.25, -0.2) is 9.97 Å². The van der Waals surface area contributed by atoms with Gasteiger partial charge < -0.3 is 52.8 Å². The SMILES string of the molecule is CCCCCc1ccc(-c2nc(C)c(C(=O)N[C@@H](CCN)C(=O)N(C)[C@@H]3C(=O)N[C@@H](C)C(=O)N[C@H](C(=O)NCC#N)Cc4ccc(OCCN)c(c4)-c4cc3ccc4OCCN)c(C)n2)cc1. The summed E-state index contributed by atoms with van der Waals surface area (Å²) >= 11 is 0. The minimum Gasteiger partial charge on any atom is -0.492 e. The number of amides is 5. The molecule has 1 aromatic heterocycles. The minimum absolute atomic E-state index is 0.00277. The molecule has 0 fully saturated rings. The Morgan fingerprint density at radius 3 is 2.13 bits per heavy atom. The summed E-state index contributed by atoms with van der Waals surface area (Å²) in [5.41, 5.74) is 22.6. The number of unbranched alkanes of at least 4 members (excludes halogenated alkanes) is 2. The molecule has 18 nitrogen and oxygen atoms in total. The number of nitrogens with one attached hydrogen (secondary N) is 4. The second kappa shape index (κ2) is 24.5. The van der Waals surface area contributed by atoms with E-state index in [9.17, 15) is 29.2 Å². The number of ether oxygens (including phenoxy) is 2. The summed E-state index contributed by atoms with van der Waals surface area (Å²) in [6.45, 7) is 7.40. The van der Waals surface area contributed by atoms with E-state index in [1.807, 2.05) is 18.2 Å². The van der Waals surface area contributed by atoms with E-state index in [0.29, 0.717) is 51.0 Å². The molecule has 4 bridgehead atoms. The van der Waals surface area contributed by atoms with Gasteiger partial charge in [0.25, 0.3) is 5.91 Å². The first-order valence-corrected chi connectivity index (χ1v) is 22.7. The highest BCUT2D eigenvalue weighted by Crippen LogP contribution is 2.40. The monoisotopic (exact) mass is 917 g/mol. The van der Waals surface area contributed by atoms with Gasteiger partial charge >= 0.3 is 0 Å². The smallest absolute Gasteiger partial charge is 0.255 e. The van der Waals surface area contributed by atoms with E-state index >= 15 is 0 Å². The van der Waals surface area contributed by atoms with Gasteiger partial charge in [0.2, 0.25) is 23.6 Å². The zero-order chi connectivity index (χ0) is 48.6. The number of hydrogen-bond acceptors (Lipinski definition) is 13. The number of rotatable bonds is 19. The third-order valence-corrected chi connectivity index (χ3v) is 11.4. The average Bonchev–Trinajstić information content (AvgIpc) is 3.31. The Morgan fingerprint density at radius 1 is 0.881 bits per heavy atom. The predicted molar refractivity (Wildman–Crippen MR) is 253 cm³/mol. The zero-order valence-corrected chi connectivity index (χ0v) is 38.9. The van der Waals surface area contributed by atoms with Crippen molar-refractivity contribution in [3.05, 3.63) is 94.3 Å². The number of aryl methyl sites for hydroxylation is 3. The first-order chi connectivity index (χ1) is 32.2. The fourth-order valence-electron chi connectivity index (χ4n) is 7.93. The third-order valence-electron chi connectivity index (χ3n) is 11.4. The standard InChI is InChI=1S/C49H63N11O7/c1-6-7-8-9-32-10-13-34(14-11-32)44-55-29(2)42(30(3)56-44)47(63)58-38(18-19-50)49(65)60(5)43-35-15-17-41(67-25-22-53)37(28-35)36-26-33(12-16-40(36)66-24-21-52)27-39(46(62)54-23-20-51)59-45(61)31(4)57-48(43)64/h10-17,26,28,31,38-39,43H,6-9,18-19,21-25,27,50,52-53H2,1-5H3,(H,54,62)(H,57,64)(H,58,63)(H,59,61)/t31-,38-,39-,43-/m0/s1. The molecule has 10 N–H and O–H groups in total. The molecular formula is C49H63N11O7. The van der Waals surface area contributed by atoms with Crippen molar-refractivity contribution in [2.24, 2.45) is 17.2 Å². The average molecular weight is 918 g/mol. The quantitative estimate of drug-likeness (QED) is 0.0527. The predicted octanol–water partition coefficient (Wildman–Crippen LogP) is 2.67.